The molecule has 0 aliphatic heterocycles. The molecule has 6 nitrogen and oxygen atoms in total. The fraction of sp³-hybridized carbons (Fsp3) is 0.556. The fourth-order valence-electron chi connectivity index (χ4n) is 2.00. The Morgan fingerprint density at radius 2 is 1.83 bits per heavy atom. The van der Waals surface area contributed by atoms with E-state index in [0.717, 1.165) is 5.56 Å². The van der Waals surface area contributed by atoms with Crippen LogP contribution in [0.2, 0.25) is 0 Å². The maximum Gasteiger partial charge on any atom is 0.410 e. The van der Waals surface area contributed by atoms with Gasteiger partial charge < -0.3 is 19.5 Å². The van der Waals surface area contributed by atoms with Gasteiger partial charge in [0.2, 0.25) is 0 Å². The average Bonchev–Trinajstić information content (AvgIpc) is 2.52. The molecule has 0 saturated heterocycles. The number of rotatable bonds is 7. The summed E-state index contributed by atoms with van der Waals surface area (Å²) >= 11 is 0. The highest BCUT2D eigenvalue weighted by atomic mass is 16.6. The summed E-state index contributed by atoms with van der Waals surface area (Å²) in [6, 6.07) is 8.86. The number of aliphatic hydroxyl groups excluding tert-OH is 1. The summed E-state index contributed by atoms with van der Waals surface area (Å²) in [5.41, 5.74) is 0.299. The number of amides is 1. The van der Waals surface area contributed by atoms with Gasteiger partial charge in [0, 0.05) is 6.54 Å². The minimum atomic E-state index is -0.571. The third-order valence-corrected chi connectivity index (χ3v) is 3.21. The Morgan fingerprint density at radius 1 is 1.21 bits per heavy atom. The van der Waals surface area contributed by atoms with E-state index in [-0.39, 0.29) is 26.2 Å². The van der Waals surface area contributed by atoms with E-state index >= 15 is 0 Å². The molecule has 1 N–H and O–H groups in total. The Balaban J connectivity index is 2.57. The molecule has 0 aromatic heterocycles. The highest BCUT2D eigenvalue weighted by Crippen LogP contribution is 2.11. The van der Waals surface area contributed by atoms with Gasteiger partial charge in [-0.15, -0.1) is 0 Å². The first kappa shape index (κ1) is 20.0. The quantitative estimate of drug-likeness (QED) is 0.774. The van der Waals surface area contributed by atoms with E-state index in [0.29, 0.717) is 0 Å². The van der Waals surface area contributed by atoms with Crippen LogP contribution in [0.5, 0.6) is 0 Å². The minimum absolute atomic E-state index is 0.0437. The second-order valence-corrected chi connectivity index (χ2v) is 6.60. The molecule has 0 aliphatic rings. The molecule has 6 heteroatoms. The van der Waals surface area contributed by atoms with Crippen molar-refractivity contribution in [2.45, 2.75) is 52.4 Å². The van der Waals surface area contributed by atoms with Crippen molar-refractivity contribution < 1.29 is 24.2 Å². The first-order valence-electron chi connectivity index (χ1n) is 8.03. The van der Waals surface area contributed by atoms with E-state index in [4.69, 9.17) is 9.47 Å². The molecule has 24 heavy (non-hydrogen) atoms. The Hall–Kier alpha value is -2.08. The predicted octanol–water partition coefficient (Wildman–Crippen LogP) is 2.74. The van der Waals surface area contributed by atoms with Crippen LogP contribution in [0.25, 0.3) is 0 Å². The summed E-state index contributed by atoms with van der Waals surface area (Å²) in [6.45, 7) is 7.10. The third kappa shape index (κ3) is 7.46. The normalized spacial score (nSPS) is 12.4. The van der Waals surface area contributed by atoms with Crippen molar-refractivity contribution in [1.29, 1.82) is 0 Å². The fourth-order valence-corrected chi connectivity index (χ4v) is 2.00. The summed E-state index contributed by atoms with van der Waals surface area (Å²) < 4.78 is 10.5. The Kier molecular flexibility index (Phi) is 7.71. The summed E-state index contributed by atoms with van der Waals surface area (Å²) in [6.07, 6.45) is -0.522. The largest absolute Gasteiger partial charge is 0.460 e. The summed E-state index contributed by atoms with van der Waals surface area (Å²) in [5.74, 6) is -0.395. The molecule has 1 rings (SSSR count). The molecule has 1 amide bonds. The van der Waals surface area contributed by atoms with Gasteiger partial charge in [0.1, 0.15) is 12.2 Å². The summed E-state index contributed by atoms with van der Waals surface area (Å²) in [4.78, 5) is 25.4. The maximum atomic E-state index is 12.3. The van der Waals surface area contributed by atoms with E-state index < -0.39 is 23.7 Å². The maximum absolute atomic E-state index is 12.3. The molecular formula is C18H27NO5. The van der Waals surface area contributed by atoms with E-state index in [1.54, 1.807) is 27.7 Å². The van der Waals surface area contributed by atoms with Gasteiger partial charge in [-0.25, -0.2) is 4.79 Å². The van der Waals surface area contributed by atoms with Crippen LogP contribution < -0.4 is 0 Å². The van der Waals surface area contributed by atoms with Crippen molar-refractivity contribution in [3.8, 4) is 0 Å². The molecule has 1 atom stereocenters. The Bertz CT molecular complexity index is 524. The zero-order valence-electron chi connectivity index (χ0n) is 14.8. The van der Waals surface area contributed by atoms with E-state index in [2.05, 4.69) is 0 Å². The number of hydrogen-bond acceptors (Lipinski definition) is 5. The minimum Gasteiger partial charge on any atom is -0.460 e. The van der Waals surface area contributed by atoms with Gasteiger partial charge in [-0.05, 0) is 33.3 Å². The highest BCUT2D eigenvalue weighted by molar-refractivity contribution is 5.72. The lowest BCUT2D eigenvalue weighted by Crippen LogP contribution is -2.42. The zero-order valence-corrected chi connectivity index (χ0v) is 14.8. The molecule has 0 radical (unpaired) electrons. The molecule has 0 heterocycles. The molecule has 0 bridgehead atoms. The smallest absolute Gasteiger partial charge is 0.410 e. The van der Waals surface area contributed by atoms with E-state index in [1.165, 1.54) is 4.90 Å². The average molecular weight is 337 g/mol. The number of carbonyl (C=O) groups is 2. The van der Waals surface area contributed by atoms with Gasteiger partial charge in [-0.3, -0.25) is 4.79 Å². The second kappa shape index (κ2) is 9.27. The first-order chi connectivity index (χ1) is 11.2. The summed E-state index contributed by atoms with van der Waals surface area (Å²) in [5, 5.41) is 9.33. The number of nitrogens with zero attached hydrogens (tertiary/aromatic N) is 1. The van der Waals surface area contributed by atoms with Gasteiger partial charge in [0.15, 0.2) is 0 Å². The van der Waals surface area contributed by atoms with Crippen LogP contribution in [0.1, 0.15) is 39.7 Å². The molecule has 0 saturated carbocycles. The SMILES string of the molecule is C[C@H](CO)N(CCC(=O)OC(C)(C)C)C(=O)OCc1ccccc1. The zero-order chi connectivity index (χ0) is 18.2. The topological polar surface area (TPSA) is 76.1 Å². The lowest BCUT2D eigenvalue weighted by molar-refractivity contribution is -0.155. The lowest BCUT2D eigenvalue weighted by Gasteiger charge is -2.27. The van der Waals surface area contributed by atoms with Gasteiger partial charge in [0.05, 0.1) is 19.1 Å². The number of hydrogen-bond donors (Lipinski definition) is 1. The molecule has 0 spiro atoms. The van der Waals surface area contributed by atoms with Crippen LogP contribution in [-0.4, -0.2) is 46.9 Å². The van der Waals surface area contributed by atoms with Crippen LogP contribution in [-0.2, 0) is 20.9 Å². The number of aliphatic hydroxyl groups is 1. The molecular weight excluding hydrogens is 310 g/mol. The number of benzene rings is 1. The van der Waals surface area contributed by atoms with Gasteiger partial charge in [0.25, 0.3) is 0 Å². The molecule has 134 valence electrons. The second-order valence-electron chi connectivity index (χ2n) is 6.60. The van der Waals surface area contributed by atoms with Crippen LogP contribution in [0, 0.1) is 0 Å². The van der Waals surface area contributed by atoms with Crippen molar-refractivity contribution >= 4 is 12.1 Å². The van der Waals surface area contributed by atoms with Crippen molar-refractivity contribution in [2.75, 3.05) is 13.2 Å². The van der Waals surface area contributed by atoms with Crippen molar-refractivity contribution in [3.05, 3.63) is 35.9 Å². The van der Waals surface area contributed by atoms with Crippen molar-refractivity contribution in [2.24, 2.45) is 0 Å². The van der Waals surface area contributed by atoms with Crippen LogP contribution in [0.15, 0.2) is 30.3 Å². The highest BCUT2D eigenvalue weighted by Gasteiger charge is 2.23. The molecule has 1 aromatic rings. The van der Waals surface area contributed by atoms with E-state index in [1.807, 2.05) is 30.3 Å². The first-order valence-corrected chi connectivity index (χ1v) is 8.03. The van der Waals surface area contributed by atoms with Gasteiger partial charge in [-0.2, -0.15) is 0 Å². The van der Waals surface area contributed by atoms with Crippen molar-refractivity contribution in [1.82, 2.24) is 4.90 Å². The molecule has 0 fully saturated rings. The molecule has 1 aromatic carbocycles. The standard InChI is InChI=1S/C18H27NO5/c1-14(12-20)19(11-10-16(21)24-18(2,3)4)17(22)23-13-15-8-6-5-7-9-15/h5-9,14,20H,10-13H2,1-4H3/t14-/m1/s1. The molecule has 0 aliphatic carbocycles. The predicted molar refractivity (Wildman–Crippen MR) is 90.3 cm³/mol. The van der Waals surface area contributed by atoms with Crippen molar-refractivity contribution in [3.63, 3.8) is 0 Å². The number of esters is 1. The third-order valence-electron chi connectivity index (χ3n) is 3.21. The monoisotopic (exact) mass is 337 g/mol. The lowest BCUT2D eigenvalue weighted by atomic mass is 10.2. The Labute approximate surface area is 143 Å². The van der Waals surface area contributed by atoms with Crippen LogP contribution >= 0.6 is 0 Å². The number of carbonyl (C=O) groups excluding carboxylic acids is 2. The Morgan fingerprint density at radius 3 is 2.38 bits per heavy atom. The molecule has 0 unspecified atom stereocenters. The van der Waals surface area contributed by atoms with Gasteiger partial charge in [-0.1, -0.05) is 30.3 Å². The van der Waals surface area contributed by atoms with Crippen LogP contribution in [0.4, 0.5) is 4.79 Å². The van der Waals surface area contributed by atoms with Crippen LogP contribution in [0.3, 0.4) is 0 Å². The summed E-state index contributed by atoms with van der Waals surface area (Å²) in [7, 11) is 0. The number of ether oxygens (including phenoxy) is 2. The van der Waals surface area contributed by atoms with Gasteiger partial charge >= 0.3 is 12.1 Å². The van der Waals surface area contributed by atoms with E-state index in [9.17, 15) is 14.7 Å².